The number of rotatable bonds is 1. The van der Waals surface area contributed by atoms with E-state index in [4.69, 9.17) is 11.6 Å². The average Bonchev–Trinajstić information content (AvgIpc) is 3.25. The Hall–Kier alpha value is -3.01. The van der Waals surface area contributed by atoms with Crippen molar-refractivity contribution in [1.82, 2.24) is 0 Å². The van der Waals surface area contributed by atoms with Crippen molar-refractivity contribution in [3.63, 3.8) is 0 Å². The van der Waals surface area contributed by atoms with Gasteiger partial charge in [-0.25, -0.2) is 0 Å². The van der Waals surface area contributed by atoms with Gasteiger partial charge in [0.1, 0.15) is 0 Å². The zero-order valence-electron chi connectivity index (χ0n) is 22.1. The Morgan fingerprint density at radius 1 is 0.703 bits per heavy atom. The van der Waals surface area contributed by atoms with E-state index in [1.807, 2.05) is 0 Å². The van der Waals surface area contributed by atoms with Crippen LogP contribution in [-0.2, 0) is 10.8 Å². The third-order valence-electron chi connectivity index (χ3n) is 9.53. The van der Waals surface area contributed by atoms with Gasteiger partial charge in [-0.2, -0.15) is 0 Å². The maximum absolute atomic E-state index is 6.54. The average molecular weight is 501 g/mol. The fraction of sp³-hybridized carbons (Fsp3) is 0.333. The molecule has 0 aromatic heterocycles. The van der Waals surface area contributed by atoms with Gasteiger partial charge in [-0.05, 0) is 99.7 Å². The molecule has 3 aromatic rings. The highest BCUT2D eigenvalue weighted by molar-refractivity contribution is 6.30. The highest BCUT2D eigenvalue weighted by Crippen LogP contribution is 2.57. The fourth-order valence-corrected chi connectivity index (χ4v) is 7.80. The van der Waals surface area contributed by atoms with E-state index in [-0.39, 0.29) is 10.8 Å². The zero-order valence-corrected chi connectivity index (χ0v) is 22.9. The summed E-state index contributed by atoms with van der Waals surface area (Å²) in [7, 11) is 0. The van der Waals surface area contributed by atoms with Gasteiger partial charge in [-0.15, -0.1) is 0 Å². The molecule has 0 N–H and O–H groups in total. The van der Waals surface area contributed by atoms with Gasteiger partial charge in [0.05, 0.1) is 0 Å². The molecule has 1 saturated carbocycles. The van der Waals surface area contributed by atoms with Crippen molar-refractivity contribution in [3.8, 4) is 34.1 Å². The van der Waals surface area contributed by atoms with Crippen LogP contribution in [0.1, 0.15) is 88.0 Å². The lowest BCUT2D eigenvalue weighted by Crippen LogP contribution is -2.28. The lowest BCUT2D eigenvalue weighted by molar-refractivity contribution is 0.353. The minimum Gasteiger partial charge on any atom is -0.0985 e. The molecule has 0 heterocycles. The second-order valence-electron chi connectivity index (χ2n) is 12.1. The van der Waals surface area contributed by atoms with Crippen LogP contribution in [0.15, 0.2) is 71.8 Å². The Morgan fingerprint density at radius 2 is 1.43 bits per heavy atom. The highest BCUT2D eigenvalue weighted by atomic mass is 35.5. The molecule has 1 spiro atoms. The second-order valence-corrected chi connectivity index (χ2v) is 12.5. The Morgan fingerprint density at radius 3 is 2.27 bits per heavy atom. The maximum atomic E-state index is 6.54. The second kappa shape index (κ2) is 8.24. The number of fused-ring (bicyclic) bond motifs is 7. The van der Waals surface area contributed by atoms with E-state index in [0.717, 1.165) is 17.9 Å². The van der Waals surface area contributed by atoms with E-state index >= 15 is 0 Å². The normalized spacial score (nSPS) is 21.6. The number of halogens is 1. The molecule has 0 bridgehead atoms. The van der Waals surface area contributed by atoms with Crippen LogP contribution >= 0.6 is 11.6 Å². The van der Waals surface area contributed by atoms with E-state index in [9.17, 15) is 0 Å². The monoisotopic (exact) mass is 500 g/mol. The van der Waals surface area contributed by atoms with E-state index in [1.54, 1.807) is 0 Å². The minimum atomic E-state index is -0.0206. The minimum absolute atomic E-state index is 0.0206. The Labute approximate surface area is 226 Å². The van der Waals surface area contributed by atoms with Crippen LogP contribution in [0.5, 0.6) is 0 Å². The molecule has 37 heavy (non-hydrogen) atoms. The lowest BCUT2D eigenvalue weighted by atomic mass is 9.68. The predicted molar refractivity (Wildman–Crippen MR) is 157 cm³/mol. The Bertz CT molecular complexity index is 1590. The number of hydrogen-bond donors (Lipinski definition) is 0. The number of hydrogen-bond acceptors (Lipinski definition) is 0. The van der Waals surface area contributed by atoms with Crippen molar-refractivity contribution in [2.75, 3.05) is 0 Å². The molecule has 0 atom stereocenters. The van der Waals surface area contributed by atoms with Crippen LogP contribution in [-0.4, -0.2) is 0 Å². The molecule has 0 unspecified atom stereocenters. The van der Waals surface area contributed by atoms with Crippen molar-refractivity contribution in [3.05, 3.63) is 99.1 Å². The summed E-state index contributed by atoms with van der Waals surface area (Å²) in [6, 6.07) is 21.0. The molecule has 0 saturated heterocycles. The van der Waals surface area contributed by atoms with Gasteiger partial charge in [-0.1, -0.05) is 98.5 Å². The maximum Gasteiger partial charge on any atom is 0.0409 e. The molecule has 1 fully saturated rings. The molecule has 184 valence electrons. The van der Waals surface area contributed by atoms with E-state index in [0.29, 0.717) is 0 Å². The molecule has 1 heteroatoms. The van der Waals surface area contributed by atoms with Crippen molar-refractivity contribution in [2.45, 2.75) is 76.5 Å². The van der Waals surface area contributed by atoms with Crippen molar-refractivity contribution < 1.29 is 0 Å². The third kappa shape index (κ3) is 3.37. The van der Waals surface area contributed by atoms with Gasteiger partial charge < -0.3 is 0 Å². The van der Waals surface area contributed by atoms with Gasteiger partial charge in [-0.3, -0.25) is 0 Å². The first-order valence-electron chi connectivity index (χ1n) is 13.9. The Kier molecular flexibility index (Phi) is 5.15. The standard InChI is InChI=1S/C36H33Cl/c1-23-9-5-6-10-27-28-14-11-25(21-33(28)35(2,3)32(27)19-23)24-12-16-31-30(20-24)29-15-13-26(37)22-34(29)36(31)17-7-4-8-18-36/h11-16,19-22H,4,7-10,17-18H2,1-3H3/b23-19-. The van der Waals surface area contributed by atoms with Crippen LogP contribution in [0.3, 0.4) is 0 Å². The summed E-state index contributed by atoms with van der Waals surface area (Å²) in [5.74, 6) is 6.77. The topological polar surface area (TPSA) is 0 Å². The van der Waals surface area contributed by atoms with Crippen LogP contribution in [0, 0.1) is 11.8 Å². The largest absolute Gasteiger partial charge is 0.0985 e. The van der Waals surface area contributed by atoms with E-state index in [2.05, 4.69) is 93.3 Å². The van der Waals surface area contributed by atoms with Crippen molar-refractivity contribution in [2.24, 2.45) is 0 Å². The quantitative estimate of drug-likeness (QED) is 0.291. The molecule has 0 nitrogen and oxygen atoms in total. The first kappa shape index (κ1) is 23.1. The molecule has 3 aromatic carbocycles. The van der Waals surface area contributed by atoms with Crippen molar-refractivity contribution >= 4 is 17.2 Å². The molecule has 0 amide bonds. The fourth-order valence-electron chi connectivity index (χ4n) is 7.63. The SMILES string of the molecule is C/C1=C/C2=C(CC#CC1)c1ccc(-c3ccc4c(c3)-c3ccc(Cl)cc3C43CCCCC3)cc1C2(C)C. The lowest BCUT2D eigenvalue weighted by Gasteiger charge is -2.36. The first-order chi connectivity index (χ1) is 17.9. The van der Waals surface area contributed by atoms with Gasteiger partial charge in [0.25, 0.3) is 0 Å². The molecule has 4 aliphatic rings. The van der Waals surface area contributed by atoms with E-state index in [1.165, 1.54) is 93.3 Å². The van der Waals surface area contributed by atoms with Crippen molar-refractivity contribution in [1.29, 1.82) is 0 Å². The molecular formula is C36H33Cl. The molecule has 0 radical (unpaired) electrons. The molecular weight excluding hydrogens is 468 g/mol. The first-order valence-corrected chi connectivity index (χ1v) is 14.2. The van der Waals surface area contributed by atoms with Crippen LogP contribution in [0.25, 0.3) is 27.8 Å². The van der Waals surface area contributed by atoms with E-state index < -0.39 is 0 Å². The van der Waals surface area contributed by atoms with Crippen LogP contribution < -0.4 is 0 Å². The van der Waals surface area contributed by atoms with Crippen LogP contribution in [0.4, 0.5) is 0 Å². The summed E-state index contributed by atoms with van der Waals surface area (Å²) in [6.45, 7) is 6.97. The van der Waals surface area contributed by atoms with Gasteiger partial charge in [0.2, 0.25) is 0 Å². The van der Waals surface area contributed by atoms with Gasteiger partial charge >= 0.3 is 0 Å². The zero-order chi connectivity index (χ0) is 25.4. The molecule has 4 aliphatic carbocycles. The summed E-state index contributed by atoms with van der Waals surface area (Å²) in [6.07, 6.45) is 10.5. The highest BCUT2D eigenvalue weighted by Gasteiger charge is 2.44. The predicted octanol–water partition coefficient (Wildman–Crippen LogP) is 10.0. The summed E-state index contributed by atoms with van der Waals surface area (Å²) < 4.78 is 0. The number of allylic oxidation sites excluding steroid dienone is 4. The number of benzene rings is 3. The summed E-state index contributed by atoms with van der Waals surface area (Å²) in [5.41, 5.74) is 15.5. The third-order valence-corrected chi connectivity index (χ3v) is 9.76. The summed E-state index contributed by atoms with van der Waals surface area (Å²) in [5, 5.41) is 0.856. The van der Waals surface area contributed by atoms with Gasteiger partial charge in [0.15, 0.2) is 0 Å². The van der Waals surface area contributed by atoms with Gasteiger partial charge in [0, 0.05) is 28.7 Å². The van der Waals surface area contributed by atoms with Crippen LogP contribution in [0.2, 0.25) is 5.02 Å². The smallest absolute Gasteiger partial charge is 0.0409 e. The summed E-state index contributed by atoms with van der Waals surface area (Å²) in [4.78, 5) is 0. The molecule has 0 aliphatic heterocycles. The Balaban J connectivity index is 1.35. The summed E-state index contributed by atoms with van der Waals surface area (Å²) >= 11 is 6.54. The molecule has 7 rings (SSSR count).